The van der Waals surface area contributed by atoms with Crippen molar-refractivity contribution >= 4 is 46.6 Å². The van der Waals surface area contributed by atoms with Gasteiger partial charge in [-0.15, -0.1) is 0 Å². The third-order valence-corrected chi connectivity index (χ3v) is 6.68. The van der Waals surface area contributed by atoms with Crippen LogP contribution < -0.4 is 18.7 Å². The Morgan fingerprint density at radius 3 is 2.45 bits per heavy atom. The first kappa shape index (κ1) is 20.5. The first-order chi connectivity index (χ1) is 14.9. The van der Waals surface area contributed by atoms with Crippen molar-refractivity contribution in [3.63, 3.8) is 0 Å². The van der Waals surface area contributed by atoms with Gasteiger partial charge in [0.2, 0.25) is 6.79 Å². The molecule has 0 amide bonds. The Kier molecular flexibility index (Phi) is 5.27. The van der Waals surface area contributed by atoms with E-state index >= 15 is 0 Å². The maximum Gasteiger partial charge on any atom is 0.231 e. The van der Waals surface area contributed by atoms with Gasteiger partial charge >= 0.3 is 0 Å². The van der Waals surface area contributed by atoms with Crippen molar-refractivity contribution in [2.45, 2.75) is 13.2 Å². The second kappa shape index (κ2) is 7.95. The molecule has 7 heteroatoms. The fourth-order valence-corrected chi connectivity index (χ4v) is 4.66. The number of ether oxygens (including phenoxy) is 3. The topological polar surface area (TPSA) is 27.7 Å². The molecular formula is C24H19Cl3NO3+. The van der Waals surface area contributed by atoms with Gasteiger partial charge in [0, 0.05) is 44.9 Å². The summed E-state index contributed by atoms with van der Waals surface area (Å²) < 4.78 is 17.5. The van der Waals surface area contributed by atoms with Crippen molar-refractivity contribution in [2.75, 3.05) is 13.8 Å². The summed E-state index contributed by atoms with van der Waals surface area (Å²) in [6.45, 7) is 1.22. The van der Waals surface area contributed by atoms with Crippen LogP contribution in [0.2, 0.25) is 15.1 Å². The molecule has 2 aliphatic rings. The third kappa shape index (κ3) is 3.85. The van der Waals surface area contributed by atoms with E-state index in [2.05, 4.69) is 25.4 Å². The molecule has 31 heavy (non-hydrogen) atoms. The number of fused-ring (bicyclic) bond motifs is 2. The van der Waals surface area contributed by atoms with Gasteiger partial charge in [0.15, 0.2) is 11.5 Å². The fraction of sp³-hybridized carbons (Fsp3) is 0.167. The fourth-order valence-electron chi connectivity index (χ4n) is 3.94. The van der Waals surface area contributed by atoms with E-state index in [4.69, 9.17) is 49.0 Å². The van der Waals surface area contributed by atoms with Crippen LogP contribution >= 0.6 is 34.8 Å². The number of rotatable bonds is 5. The molecule has 2 heterocycles. The zero-order valence-corrected chi connectivity index (χ0v) is 19.0. The molecule has 4 nitrogen and oxygen atoms in total. The van der Waals surface area contributed by atoms with E-state index in [9.17, 15) is 0 Å². The lowest BCUT2D eigenvalue weighted by Crippen LogP contribution is -2.36. The van der Waals surface area contributed by atoms with Crippen LogP contribution in [0.25, 0.3) is 6.08 Å². The van der Waals surface area contributed by atoms with E-state index in [0.717, 1.165) is 33.9 Å². The van der Waals surface area contributed by atoms with Gasteiger partial charge in [-0.3, -0.25) is 4.48 Å². The predicted octanol–water partition coefficient (Wildman–Crippen LogP) is 7.08. The van der Waals surface area contributed by atoms with Gasteiger partial charge in [-0.1, -0.05) is 40.9 Å². The minimum atomic E-state index is 0.228. The van der Waals surface area contributed by atoms with Crippen molar-refractivity contribution in [1.29, 1.82) is 0 Å². The Morgan fingerprint density at radius 1 is 0.935 bits per heavy atom. The molecule has 0 bridgehead atoms. The number of quaternary nitrogens is 1. The summed E-state index contributed by atoms with van der Waals surface area (Å²) >= 11 is 19.0. The maximum absolute atomic E-state index is 6.51. The quantitative estimate of drug-likeness (QED) is 0.369. The zero-order valence-electron chi connectivity index (χ0n) is 16.7. The van der Waals surface area contributed by atoms with Gasteiger partial charge in [0.25, 0.3) is 0 Å². The van der Waals surface area contributed by atoms with Crippen LogP contribution in [0.5, 0.6) is 17.2 Å². The van der Waals surface area contributed by atoms with E-state index < -0.39 is 0 Å². The second-order valence-corrected chi connectivity index (χ2v) is 8.97. The Labute approximate surface area is 195 Å². The molecule has 158 valence electrons. The van der Waals surface area contributed by atoms with Crippen LogP contribution in [0.1, 0.15) is 16.7 Å². The smallest absolute Gasteiger partial charge is 0.231 e. The van der Waals surface area contributed by atoms with Crippen LogP contribution in [0.4, 0.5) is 5.69 Å². The molecule has 0 aliphatic carbocycles. The number of nitrogens with zero attached hydrogens (tertiary/aromatic N) is 1. The normalized spacial score (nSPS) is 18.3. The molecule has 0 radical (unpaired) electrons. The molecule has 0 saturated carbocycles. The number of halogens is 3. The van der Waals surface area contributed by atoms with E-state index in [1.807, 2.05) is 42.5 Å². The van der Waals surface area contributed by atoms with Crippen molar-refractivity contribution in [1.82, 2.24) is 4.48 Å². The summed E-state index contributed by atoms with van der Waals surface area (Å²) in [4.78, 5) is 0. The lowest BCUT2D eigenvalue weighted by atomic mass is 10.1. The zero-order chi connectivity index (χ0) is 21.6. The first-order valence-electron chi connectivity index (χ1n) is 9.76. The van der Waals surface area contributed by atoms with Crippen molar-refractivity contribution < 1.29 is 14.2 Å². The van der Waals surface area contributed by atoms with Gasteiger partial charge in [-0.05, 0) is 30.3 Å². The summed E-state index contributed by atoms with van der Waals surface area (Å²) in [5, 5.41) is 1.86. The average molecular weight is 476 g/mol. The molecular weight excluding hydrogens is 457 g/mol. The van der Waals surface area contributed by atoms with E-state index in [-0.39, 0.29) is 6.79 Å². The summed E-state index contributed by atoms with van der Waals surface area (Å²) in [7, 11) is 2.15. The van der Waals surface area contributed by atoms with Crippen molar-refractivity contribution in [3.8, 4) is 17.2 Å². The summed E-state index contributed by atoms with van der Waals surface area (Å²) in [6, 6.07) is 15.3. The Bertz CT molecular complexity index is 1190. The second-order valence-electron chi connectivity index (χ2n) is 7.75. The highest BCUT2D eigenvalue weighted by atomic mass is 35.5. The monoisotopic (exact) mass is 474 g/mol. The summed E-state index contributed by atoms with van der Waals surface area (Å²) in [5.41, 5.74) is 4.04. The van der Waals surface area contributed by atoms with Gasteiger partial charge in [-0.2, -0.15) is 0 Å². The molecule has 3 aromatic rings. The Hall–Kier alpha value is -2.37. The van der Waals surface area contributed by atoms with Crippen molar-refractivity contribution in [2.24, 2.45) is 0 Å². The van der Waals surface area contributed by atoms with E-state index in [0.29, 0.717) is 38.5 Å². The molecule has 1 atom stereocenters. The highest BCUT2D eigenvalue weighted by Crippen LogP contribution is 2.42. The van der Waals surface area contributed by atoms with E-state index in [1.54, 1.807) is 0 Å². The number of hydrogen-bond acceptors (Lipinski definition) is 3. The van der Waals surface area contributed by atoms with Crippen LogP contribution in [0.3, 0.4) is 0 Å². The standard InChI is InChI=1S/C24H19Cl3NO3/c1-28(12-16-10-23-24(11-21(16)27)31-14-30-23)8-7-15-9-17(5-6-22(15)28)29-13-18-19(25)3-2-4-20(18)26/h2-11H,12-14H2,1H3/q+1. The largest absolute Gasteiger partial charge is 0.489 e. The lowest BCUT2D eigenvalue weighted by molar-refractivity contribution is 0.174. The van der Waals surface area contributed by atoms with Crippen molar-refractivity contribution in [3.05, 3.63) is 86.5 Å². The van der Waals surface area contributed by atoms with Gasteiger partial charge in [0.05, 0.1) is 12.1 Å². The number of benzene rings is 3. The minimum Gasteiger partial charge on any atom is -0.489 e. The van der Waals surface area contributed by atoms with Crippen LogP contribution in [0, 0.1) is 0 Å². The van der Waals surface area contributed by atoms with Gasteiger partial charge in [0.1, 0.15) is 30.8 Å². The van der Waals surface area contributed by atoms with Crippen LogP contribution in [-0.4, -0.2) is 13.8 Å². The maximum atomic E-state index is 6.51. The molecule has 1 unspecified atom stereocenters. The average Bonchev–Trinajstić information content (AvgIpc) is 3.32. The molecule has 3 aromatic carbocycles. The third-order valence-electron chi connectivity index (χ3n) is 5.62. The molecule has 0 aromatic heterocycles. The van der Waals surface area contributed by atoms with Crippen LogP contribution in [0.15, 0.2) is 54.7 Å². The molecule has 0 fully saturated rings. The summed E-state index contributed by atoms with van der Waals surface area (Å²) in [5.74, 6) is 2.18. The Balaban J connectivity index is 1.36. The Morgan fingerprint density at radius 2 is 1.68 bits per heavy atom. The summed E-state index contributed by atoms with van der Waals surface area (Å²) in [6.07, 6.45) is 4.26. The molecule has 0 saturated heterocycles. The minimum absolute atomic E-state index is 0.228. The van der Waals surface area contributed by atoms with Crippen LogP contribution in [-0.2, 0) is 13.2 Å². The SMILES string of the molecule is C[N+]1(Cc2cc3c(cc2Cl)OCO3)C=Cc2cc(OCc3c(Cl)cccc3Cl)ccc21. The molecule has 5 rings (SSSR count). The van der Waals surface area contributed by atoms with Gasteiger partial charge < -0.3 is 14.2 Å². The molecule has 0 N–H and O–H groups in total. The van der Waals surface area contributed by atoms with Gasteiger partial charge in [-0.25, -0.2) is 0 Å². The lowest BCUT2D eigenvalue weighted by Gasteiger charge is -2.28. The number of hydrogen-bond donors (Lipinski definition) is 0. The van der Waals surface area contributed by atoms with E-state index in [1.165, 1.54) is 0 Å². The predicted molar refractivity (Wildman–Crippen MR) is 125 cm³/mol. The first-order valence-corrected chi connectivity index (χ1v) is 10.9. The molecule has 2 aliphatic heterocycles. The highest BCUT2D eigenvalue weighted by Gasteiger charge is 2.32. The highest BCUT2D eigenvalue weighted by molar-refractivity contribution is 6.36. The molecule has 0 spiro atoms.